The number of hydrogen-bond donors (Lipinski definition) is 1. The summed E-state index contributed by atoms with van der Waals surface area (Å²) >= 11 is 3.45. The Morgan fingerprint density at radius 1 is 1.10 bits per heavy atom. The van der Waals surface area contributed by atoms with E-state index in [-0.39, 0.29) is 0 Å². The Labute approximate surface area is 126 Å². The summed E-state index contributed by atoms with van der Waals surface area (Å²) in [5.41, 5.74) is 3.02. The third-order valence-electron chi connectivity index (χ3n) is 3.17. The summed E-state index contributed by atoms with van der Waals surface area (Å²) in [5.74, 6) is 2.39. The molecule has 1 aliphatic rings. The Bertz CT molecular complexity index is 659. The molecule has 3 rings (SSSR count). The van der Waals surface area contributed by atoms with Gasteiger partial charge in [-0.25, -0.2) is 4.98 Å². The second-order valence-corrected chi connectivity index (χ2v) is 5.55. The SMILES string of the molecule is Cc1cc2c(cc1Nc1ccc(Br)c(C)n1)OCCO2. The lowest BCUT2D eigenvalue weighted by molar-refractivity contribution is 0.171. The summed E-state index contributed by atoms with van der Waals surface area (Å²) < 4.78 is 12.2. The lowest BCUT2D eigenvalue weighted by Crippen LogP contribution is -2.15. The molecule has 2 aromatic rings. The molecule has 1 aromatic heterocycles. The van der Waals surface area contributed by atoms with Crippen molar-refractivity contribution in [3.8, 4) is 11.5 Å². The minimum Gasteiger partial charge on any atom is -0.486 e. The maximum Gasteiger partial charge on any atom is 0.163 e. The van der Waals surface area contributed by atoms with Crippen molar-refractivity contribution in [2.24, 2.45) is 0 Å². The average molecular weight is 335 g/mol. The van der Waals surface area contributed by atoms with E-state index in [1.165, 1.54) is 0 Å². The molecule has 5 heteroatoms. The van der Waals surface area contributed by atoms with E-state index in [4.69, 9.17) is 9.47 Å². The summed E-state index contributed by atoms with van der Waals surface area (Å²) in [7, 11) is 0. The summed E-state index contributed by atoms with van der Waals surface area (Å²) in [6, 6.07) is 7.87. The zero-order chi connectivity index (χ0) is 14.1. The number of nitrogens with zero attached hydrogens (tertiary/aromatic N) is 1. The normalized spacial score (nSPS) is 13.2. The van der Waals surface area contributed by atoms with Crippen molar-refractivity contribution in [2.75, 3.05) is 18.5 Å². The number of halogens is 1. The van der Waals surface area contributed by atoms with Crippen LogP contribution in [0.5, 0.6) is 11.5 Å². The first-order chi connectivity index (χ1) is 9.63. The Morgan fingerprint density at radius 2 is 1.80 bits per heavy atom. The van der Waals surface area contributed by atoms with Crippen LogP contribution in [0.4, 0.5) is 11.5 Å². The molecule has 1 aromatic carbocycles. The van der Waals surface area contributed by atoms with Gasteiger partial charge < -0.3 is 14.8 Å². The molecule has 0 amide bonds. The van der Waals surface area contributed by atoms with Crippen LogP contribution in [0.25, 0.3) is 0 Å². The molecule has 1 aliphatic heterocycles. The highest BCUT2D eigenvalue weighted by molar-refractivity contribution is 9.10. The van der Waals surface area contributed by atoms with Gasteiger partial charge in [-0.2, -0.15) is 0 Å². The van der Waals surface area contributed by atoms with Crippen LogP contribution in [0.1, 0.15) is 11.3 Å². The van der Waals surface area contributed by atoms with Gasteiger partial charge in [-0.15, -0.1) is 0 Å². The molecule has 0 radical (unpaired) electrons. The van der Waals surface area contributed by atoms with Gasteiger partial charge in [0.25, 0.3) is 0 Å². The first-order valence-corrected chi connectivity index (χ1v) is 7.23. The number of fused-ring (bicyclic) bond motifs is 1. The van der Waals surface area contributed by atoms with Crippen LogP contribution in [0.2, 0.25) is 0 Å². The second kappa shape index (κ2) is 5.32. The number of aromatic nitrogens is 1. The van der Waals surface area contributed by atoms with Crippen molar-refractivity contribution in [1.82, 2.24) is 4.98 Å². The zero-order valence-electron chi connectivity index (χ0n) is 11.4. The Hall–Kier alpha value is -1.75. The number of nitrogens with one attached hydrogen (secondary N) is 1. The van der Waals surface area contributed by atoms with Crippen molar-refractivity contribution >= 4 is 27.4 Å². The molecule has 4 nitrogen and oxygen atoms in total. The molecule has 0 spiro atoms. The van der Waals surface area contributed by atoms with Crippen molar-refractivity contribution in [2.45, 2.75) is 13.8 Å². The van der Waals surface area contributed by atoms with Gasteiger partial charge in [-0.1, -0.05) is 0 Å². The van der Waals surface area contributed by atoms with E-state index in [0.29, 0.717) is 13.2 Å². The van der Waals surface area contributed by atoms with E-state index in [0.717, 1.165) is 38.7 Å². The molecule has 0 saturated carbocycles. The molecule has 20 heavy (non-hydrogen) atoms. The highest BCUT2D eigenvalue weighted by Crippen LogP contribution is 2.36. The molecular weight excluding hydrogens is 320 g/mol. The lowest BCUT2D eigenvalue weighted by Gasteiger charge is -2.20. The fraction of sp³-hybridized carbons (Fsp3) is 0.267. The monoisotopic (exact) mass is 334 g/mol. The Kier molecular flexibility index (Phi) is 3.53. The fourth-order valence-electron chi connectivity index (χ4n) is 2.08. The molecule has 104 valence electrons. The number of anilines is 2. The van der Waals surface area contributed by atoms with Crippen LogP contribution < -0.4 is 14.8 Å². The van der Waals surface area contributed by atoms with Gasteiger partial charge in [0.05, 0.1) is 5.69 Å². The molecule has 1 N–H and O–H groups in total. The Balaban J connectivity index is 1.92. The number of ether oxygens (including phenoxy) is 2. The van der Waals surface area contributed by atoms with E-state index in [1.54, 1.807) is 0 Å². The lowest BCUT2D eigenvalue weighted by atomic mass is 10.1. The van der Waals surface area contributed by atoms with Crippen molar-refractivity contribution in [3.05, 3.63) is 40.0 Å². The number of aryl methyl sites for hydroxylation is 2. The maximum absolute atomic E-state index is 5.61. The minimum absolute atomic E-state index is 0.588. The molecule has 0 aliphatic carbocycles. The number of rotatable bonds is 2. The van der Waals surface area contributed by atoms with Crippen LogP contribution in [0, 0.1) is 13.8 Å². The fourth-order valence-corrected chi connectivity index (χ4v) is 2.30. The molecule has 0 atom stereocenters. The molecular formula is C15H15BrN2O2. The van der Waals surface area contributed by atoms with Crippen LogP contribution in [-0.2, 0) is 0 Å². The van der Waals surface area contributed by atoms with Crippen LogP contribution in [-0.4, -0.2) is 18.2 Å². The first-order valence-electron chi connectivity index (χ1n) is 6.44. The highest BCUT2D eigenvalue weighted by Gasteiger charge is 2.14. The average Bonchev–Trinajstić information content (AvgIpc) is 2.44. The molecule has 0 unspecified atom stereocenters. The minimum atomic E-state index is 0.588. The van der Waals surface area contributed by atoms with Crippen LogP contribution in [0.3, 0.4) is 0 Å². The van der Waals surface area contributed by atoms with E-state index in [9.17, 15) is 0 Å². The third-order valence-corrected chi connectivity index (χ3v) is 4.01. The van der Waals surface area contributed by atoms with Gasteiger partial charge in [-0.3, -0.25) is 0 Å². The summed E-state index contributed by atoms with van der Waals surface area (Å²) in [6.07, 6.45) is 0. The van der Waals surface area contributed by atoms with Gasteiger partial charge in [0, 0.05) is 16.2 Å². The van der Waals surface area contributed by atoms with E-state index >= 15 is 0 Å². The second-order valence-electron chi connectivity index (χ2n) is 4.70. The van der Waals surface area contributed by atoms with Crippen LogP contribution >= 0.6 is 15.9 Å². The smallest absolute Gasteiger partial charge is 0.163 e. The highest BCUT2D eigenvalue weighted by atomic mass is 79.9. The summed E-state index contributed by atoms with van der Waals surface area (Å²) in [5, 5.41) is 3.32. The number of pyridine rings is 1. The number of hydrogen-bond acceptors (Lipinski definition) is 4. The number of benzene rings is 1. The van der Waals surface area contributed by atoms with Gasteiger partial charge in [0.1, 0.15) is 19.0 Å². The Morgan fingerprint density at radius 3 is 2.50 bits per heavy atom. The van der Waals surface area contributed by atoms with Crippen molar-refractivity contribution < 1.29 is 9.47 Å². The van der Waals surface area contributed by atoms with Gasteiger partial charge in [-0.05, 0) is 53.5 Å². The summed E-state index contributed by atoms with van der Waals surface area (Å²) in [4.78, 5) is 4.49. The van der Waals surface area contributed by atoms with Gasteiger partial charge in [0.2, 0.25) is 0 Å². The molecule has 2 heterocycles. The first kappa shape index (κ1) is 13.2. The topological polar surface area (TPSA) is 43.4 Å². The standard InChI is InChI=1S/C15H15BrN2O2/c1-9-7-13-14(20-6-5-19-13)8-12(9)18-15-4-3-11(16)10(2)17-15/h3-4,7-8H,5-6H2,1-2H3,(H,17,18). The largest absolute Gasteiger partial charge is 0.486 e. The zero-order valence-corrected chi connectivity index (χ0v) is 13.0. The van der Waals surface area contributed by atoms with E-state index < -0.39 is 0 Å². The van der Waals surface area contributed by atoms with E-state index in [1.807, 2.05) is 38.1 Å². The third kappa shape index (κ3) is 2.58. The summed E-state index contributed by atoms with van der Waals surface area (Å²) in [6.45, 7) is 5.19. The quantitative estimate of drug-likeness (QED) is 0.902. The van der Waals surface area contributed by atoms with Gasteiger partial charge in [0.15, 0.2) is 11.5 Å². The molecule has 0 fully saturated rings. The van der Waals surface area contributed by atoms with Crippen molar-refractivity contribution in [3.63, 3.8) is 0 Å². The molecule has 0 bridgehead atoms. The predicted molar refractivity (Wildman–Crippen MR) is 82.1 cm³/mol. The van der Waals surface area contributed by atoms with Gasteiger partial charge >= 0.3 is 0 Å². The van der Waals surface area contributed by atoms with Crippen LogP contribution in [0.15, 0.2) is 28.7 Å². The van der Waals surface area contributed by atoms with Crippen molar-refractivity contribution in [1.29, 1.82) is 0 Å². The molecule has 0 saturated heterocycles. The van der Waals surface area contributed by atoms with E-state index in [2.05, 4.69) is 26.2 Å². The predicted octanol–water partition coefficient (Wildman–Crippen LogP) is 3.98. The maximum atomic E-state index is 5.61.